The molecule has 0 bridgehead atoms. The number of benzene rings is 1. The van der Waals surface area contributed by atoms with Gasteiger partial charge < -0.3 is 15.8 Å². The fourth-order valence-corrected chi connectivity index (χ4v) is 1.66. The van der Waals surface area contributed by atoms with E-state index in [0.29, 0.717) is 5.69 Å². The largest absolute Gasteiger partial charge is 0.389 e. The predicted molar refractivity (Wildman–Crippen MR) is 73.7 cm³/mol. The highest BCUT2D eigenvalue weighted by atomic mass is 19.4. The molecule has 1 rings (SSSR count). The second-order valence-corrected chi connectivity index (χ2v) is 4.58. The summed E-state index contributed by atoms with van der Waals surface area (Å²) in [7, 11) is 0. The van der Waals surface area contributed by atoms with Crippen LogP contribution < -0.4 is 11.1 Å². The maximum atomic E-state index is 12.0. The Bertz CT molecular complexity index is 464. The number of carbonyl (C=O) groups is 1. The Kier molecular flexibility index (Phi) is 6.64. The molecule has 3 N–H and O–H groups in total. The summed E-state index contributed by atoms with van der Waals surface area (Å²) in [5.74, 6) is -0.414. The summed E-state index contributed by atoms with van der Waals surface area (Å²) in [4.78, 5) is 11.9. The average Bonchev–Trinajstić information content (AvgIpc) is 2.42. The molecule has 0 aliphatic carbocycles. The Morgan fingerprint density at radius 3 is 2.67 bits per heavy atom. The van der Waals surface area contributed by atoms with E-state index in [-0.39, 0.29) is 19.6 Å². The Morgan fingerprint density at radius 1 is 1.38 bits per heavy atom. The number of rotatable bonds is 7. The summed E-state index contributed by atoms with van der Waals surface area (Å²) < 4.78 is 41.0. The first-order valence-corrected chi connectivity index (χ1v) is 6.60. The quantitative estimate of drug-likeness (QED) is 0.761. The number of ether oxygens (including phenoxy) is 1. The van der Waals surface area contributed by atoms with Gasteiger partial charge in [-0.25, -0.2) is 0 Å². The molecule has 1 aromatic rings. The second kappa shape index (κ2) is 7.99. The minimum absolute atomic E-state index is 0.118. The summed E-state index contributed by atoms with van der Waals surface area (Å²) >= 11 is 0. The SMILES string of the molecule is CC(OCCCC(F)(F)F)C(=O)Nc1ccccc1CN. The lowest BCUT2D eigenvalue weighted by atomic mass is 10.1. The van der Waals surface area contributed by atoms with Gasteiger partial charge in [0, 0.05) is 25.3 Å². The maximum Gasteiger partial charge on any atom is 0.389 e. The Morgan fingerprint density at radius 2 is 2.05 bits per heavy atom. The maximum absolute atomic E-state index is 12.0. The van der Waals surface area contributed by atoms with Crippen molar-refractivity contribution < 1.29 is 22.7 Å². The van der Waals surface area contributed by atoms with Gasteiger partial charge in [0.05, 0.1) is 0 Å². The third kappa shape index (κ3) is 6.59. The fraction of sp³-hybridized carbons (Fsp3) is 0.500. The molecule has 0 aliphatic rings. The molecule has 1 unspecified atom stereocenters. The summed E-state index contributed by atoms with van der Waals surface area (Å²) in [6, 6.07) is 7.04. The van der Waals surface area contributed by atoms with Gasteiger partial charge in [0.15, 0.2) is 0 Å². The summed E-state index contributed by atoms with van der Waals surface area (Å²) in [6.07, 6.45) is -6.11. The highest BCUT2D eigenvalue weighted by Crippen LogP contribution is 2.21. The van der Waals surface area contributed by atoms with Gasteiger partial charge in [-0.15, -0.1) is 0 Å². The number of halogens is 3. The van der Waals surface area contributed by atoms with Gasteiger partial charge >= 0.3 is 6.18 Å². The van der Waals surface area contributed by atoms with Crippen LogP contribution in [-0.4, -0.2) is 24.8 Å². The zero-order valence-electron chi connectivity index (χ0n) is 11.7. The van der Waals surface area contributed by atoms with Crippen LogP contribution in [0.25, 0.3) is 0 Å². The third-order valence-corrected chi connectivity index (χ3v) is 2.84. The second-order valence-electron chi connectivity index (χ2n) is 4.58. The van der Waals surface area contributed by atoms with Crippen molar-refractivity contribution in [3.63, 3.8) is 0 Å². The number of anilines is 1. The molecular weight excluding hydrogens is 285 g/mol. The number of alkyl halides is 3. The molecule has 0 saturated carbocycles. The van der Waals surface area contributed by atoms with Crippen molar-refractivity contribution in [2.75, 3.05) is 11.9 Å². The van der Waals surface area contributed by atoms with Crippen molar-refractivity contribution in [1.29, 1.82) is 0 Å². The van der Waals surface area contributed by atoms with Crippen molar-refractivity contribution in [3.05, 3.63) is 29.8 Å². The molecule has 4 nitrogen and oxygen atoms in total. The molecule has 1 amide bonds. The van der Waals surface area contributed by atoms with Crippen molar-refractivity contribution in [2.45, 2.75) is 38.6 Å². The van der Waals surface area contributed by atoms with Crippen molar-refractivity contribution in [3.8, 4) is 0 Å². The van der Waals surface area contributed by atoms with Gasteiger partial charge in [-0.3, -0.25) is 4.79 Å². The van der Waals surface area contributed by atoms with E-state index >= 15 is 0 Å². The molecule has 118 valence electrons. The van der Waals surface area contributed by atoms with Crippen molar-refractivity contribution in [1.82, 2.24) is 0 Å². The fourth-order valence-electron chi connectivity index (χ4n) is 1.66. The molecule has 0 aromatic heterocycles. The molecule has 0 saturated heterocycles. The monoisotopic (exact) mass is 304 g/mol. The highest BCUT2D eigenvalue weighted by molar-refractivity contribution is 5.94. The van der Waals surface area contributed by atoms with E-state index in [2.05, 4.69) is 5.32 Å². The van der Waals surface area contributed by atoms with Crippen LogP contribution in [0.4, 0.5) is 18.9 Å². The first-order chi connectivity index (χ1) is 9.83. The number of hydrogen-bond donors (Lipinski definition) is 2. The third-order valence-electron chi connectivity index (χ3n) is 2.84. The molecule has 0 radical (unpaired) electrons. The highest BCUT2D eigenvalue weighted by Gasteiger charge is 2.26. The van der Waals surface area contributed by atoms with E-state index in [1.165, 1.54) is 6.92 Å². The van der Waals surface area contributed by atoms with Crippen LogP contribution in [0.1, 0.15) is 25.3 Å². The predicted octanol–water partition coefficient (Wildman–Crippen LogP) is 2.83. The van der Waals surface area contributed by atoms with E-state index < -0.39 is 24.6 Å². The molecule has 0 aliphatic heterocycles. The molecule has 7 heteroatoms. The van der Waals surface area contributed by atoms with E-state index in [4.69, 9.17) is 10.5 Å². The summed E-state index contributed by atoms with van der Waals surface area (Å²) in [5.41, 5.74) is 6.90. The van der Waals surface area contributed by atoms with E-state index in [9.17, 15) is 18.0 Å². The van der Waals surface area contributed by atoms with Gasteiger partial charge in [0.2, 0.25) is 0 Å². The lowest BCUT2D eigenvalue weighted by molar-refractivity contribution is -0.140. The lowest BCUT2D eigenvalue weighted by Crippen LogP contribution is -2.28. The van der Waals surface area contributed by atoms with Crippen LogP contribution in [0.2, 0.25) is 0 Å². The van der Waals surface area contributed by atoms with Gasteiger partial charge in [-0.1, -0.05) is 18.2 Å². The molecule has 0 spiro atoms. The van der Waals surface area contributed by atoms with Crippen molar-refractivity contribution >= 4 is 11.6 Å². The molecule has 0 heterocycles. The van der Waals surface area contributed by atoms with Gasteiger partial charge in [0.25, 0.3) is 5.91 Å². The molecule has 1 aromatic carbocycles. The zero-order chi connectivity index (χ0) is 15.9. The van der Waals surface area contributed by atoms with Crippen LogP contribution in [0.3, 0.4) is 0 Å². The number of carbonyl (C=O) groups excluding carboxylic acids is 1. The number of nitrogens with one attached hydrogen (secondary N) is 1. The van der Waals surface area contributed by atoms with Crippen LogP contribution in [0, 0.1) is 0 Å². The minimum atomic E-state index is -4.20. The summed E-state index contributed by atoms with van der Waals surface area (Å²) in [6.45, 7) is 1.65. The molecule has 0 fully saturated rings. The molecule has 1 atom stereocenters. The first-order valence-electron chi connectivity index (χ1n) is 6.60. The topological polar surface area (TPSA) is 64.3 Å². The Hall–Kier alpha value is -1.60. The van der Waals surface area contributed by atoms with Crippen LogP contribution in [0.15, 0.2) is 24.3 Å². The molecular formula is C14H19F3N2O2. The summed E-state index contributed by atoms with van der Waals surface area (Å²) in [5, 5.41) is 2.65. The van der Waals surface area contributed by atoms with Crippen LogP contribution in [-0.2, 0) is 16.1 Å². The lowest BCUT2D eigenvalue weighted by Gasteiger charge is -2.15. The Balaban J connectivity index is 2.41. The normalized spacial score (nSPS) is 13.0. The van der Waals surface area contributed by atoms with Gasteiger partial charge in [0.1, 0.15) is 6.10 Å². The van der Waals surface area contributed by atoms with E-state index in [0.717, 1.165) is 5.56 Å². The zero-order valence-corrected chi connectivity index (χ0v) is 11.7. The smallest absolute Gasteiger partial charge is 0.369 e. The average molecular weight is 304 g/mol. The van der Waals surface area contributed by atoms with E-state index in [1.807, 2.05) is 0 Å². The van der Waals surface area contributed by atoms with Crippen molar-refractivity contribution in [2.24, 2.45) is 5.73 Å². The minimum Gasteiger partial charge on any atom is -0.369 e. The van der Waals surface area contributed by atoms with Gasteiger partial charge in [-0.05, 0) is 25.0 Å². The van der Waals surface area contributed by atoms with Crippen LogP contribution in [0.5, 0.6) is 0 Å². The standard InChI is InChI=1S/C14H19F3N2O2/c1-10(21-8-4-7-14(15,16)17)13(20)19-12-6-3-2-5-11(12)9-18/h2-3,5-6,10H,4,7-9,18H2,1H3,(H,19,20). The molecule has 21 heavy (non-hydrogen) atoms. The van der Waals surface area contributed by atoms with Gasteiger partial charge in [-0.2, -0.15) is 13.2 Å². The Labute approximate surface area is 121 Å². The number of hydrogen-bond acceptors (Lipinski definition) is 3. The number of para-hydroxylation sites is 1. The first kappa shape index (κ1) is 17.5. The van der Waals surface area contributed by atoms with Crippen LogP contribution >= 0.6 is 0 Å². The number of nitrogens with two attached hydrogens (primary N) is 1. The number of amides is 1. The van der Waals surface area contributed by atoms with E-state index in [1.54, 1.807) is 24.3 Å².